The standard InChI is InChI=1S/C22H35NO4/c1-4-23-10-11-5-6-17(27-3)22-13(11)8-15(20(22)23)21(25)9-16(26-2)12-7-14(22)18(21)19(12)24/h11-20,24-25H,4-10H2,1-3H3/t11-,12+,13+,14+,15-,16-,17+,18+,19-,20+,21-,22-/m0/s1. The molecule has 0 aromatic carbocycles. The number of aliphatic hydroxyl groups is 2. The highest BCUT2D eigenvalue weighted by Crippen LogP contribution is 2.77. The van der Waals surface area contributed by atoms with Gasteiger partial charge in [-0.05, 0) is 50.0 Å². The first-order valence-corrected chi connectivity index (χ1v) is 11.2. The number of piperidine rings is 1. The van der Waals surface area contributed by atoms with Crippen molar-refractivity contribution in [1.29, 1.82) is 0 Å². The number of nitrogens with zero attached hydrogens (tertiary/aromatic N) is 1. The maximum atomic E-state index is 12.2. The number of aliphatic hydroxyl groups excluding tert-OH is 1. The SMILES string of the molecule is CCN1C[C@@H]2CC[C@@H](OC)[C@@]34[C@@H]2C[C@@H]([C@@H]13)[C@@]1(O)C[C@H](OC)[C@H]2C[C@@H]4[C@@H]1[C@H]2O. The highest BCUT2D eigenvalue weighted by molar-refractivity contribution is 5.31. The Morgan fingerprint density at radius 1 is 1.07 bits per heavy atom. The molecule has 27 heavy (non-hydrogen) atoms. The van der Waals surface area contributed by atoms with E-state index >= 15 is 0 Å². The predicted octanol–water partition coefficient (Wildman–Crippen LogP) is 1.51. The Hall–Kier alpha value is -0.200. The second kappa shape index (κ2) is 5.48. The van der Waals surface area contributed by atoms with Gasteiger partial charge >= 0.3 is 0 Å². The van der Waals surface area contributed by atoms with E-state index in [1.807, 2.05) is 7.11 Å². The summed E-state index contributed by atoms with van der Waals surface area (Å²) in [6, 6.07) is 0.404. The summed E-state index contributed by atoms with van der Waals surface area (Å²) in [5.74, 6) is 2.17. The molecule has 0 radical (unpaired) electrons. The lowest BCUT2D eigenvalue weighted by Crippen LogP contribution is -2.74. The second-order valence-corrected chi connectivity index (χ2v) is 10.5. The zero-order valence-electron chi connectivity index (χ0n) is 16.9. The largest absolute Gasteiger partial charge is 0.392 e. The van der Waals surface area contributed by atoms with E-state index in [4.69, 9.17) is 9.47 Å². The van der Waals surface area contributed by atoms with Gasteiger partial charge in [0.05, 0.1) is 23.9 Å². The van der Waals surface area contributed by atoms with Crippen molar-refractivity contribution in [2.24, 2.45) is 40.9 Å². The Bertz CT molecular complexity index is 644. The minimum atomic E-state index is -0.786. The van der Waals surface area contributed by atoms with Crippen LogP contribution in [-0.2, 0) is 9.47 Å². The Balaban J connectivity index is 1.57. The molecule has 6 aliphatic rings. The molecule has 6 fully saturated rings. The van der Waals surface area contributed by atoms with Crippen LogP contribution in [0.25, 0.3) is 0 Å². The number of rotatable bonds is 3. The number of hydrogen-bond acceptors (Lipinski definition) is 5. The van der Waals surface area contributed by atoms with Gasteiger partial charge in [0.2, 0.25) is 0 Å². The van der Waals surface area contributed by atoms with Crippen LogP contribution in [0.1, 0.15) is 39.0 Å². The molecule has 2 N–H and O–H groups in total. The summed E-state index contributed by atoms with van der Waals surface area (Å²) < 4.78 is 12.1. The Kier molecular flexibility index (Phi) is 3.58. The van der Waals surface area contributed by atoms with Crippen LogP contribution in [0, 0.1) is 40.9 Å². The number of fused-ring (bicyclic) bond motifs is 2. The molecule has 5 heteroatoms. The minimum absolute atomic E-state index is 0.00774. The van der Waals surface area contributed by atoms with E-state index in [1.165, 1.54) is 13.0 Å². The fourth-order valence-corrected chi connectivity index (χ4v) is 9.96. The van der Waals surface area contributed by atoms with Gasteiger partial charge < -0.3 is 19.7 Å². The summed E-state index contributed by atoms with van der Waals surface area (Å²) in [7, 11) is 3.65. The van der Waals surface area contributed by atoms with E-state index in [-0.39, 0.29) is 35.4 Å². The summed E-state index contributed by atoms with van der Waals surface area (Å²) in [6.07, 6.45) is 5.04. The Morgan fingerprint density at radius 2 is 1.89 bits per heavy atom. The summed E-state index contributed by atoms with van der Waals surface area (Å²) in [5, 5.41) is 23.5. The molecule has 0 aromatic rings. The van der Waals surface area contributed by atoms with Crippen molar-refractivity contribution < 1.29 is 19.7 Å². The zero-order valence-corrected chi connectivity index (χ0v) is 16.9. The number of likely N-dealkylation sites (tertiary alicyclic amines) is 1. The summed E-state index contributed by atoms with van der Waals surface area (Å²) in [4.78, 5) is 2.69. The van der Waals surface area contributed by atoms with Gasteiger partial charge in [-0.3, -0.25) is 4.90 Å². The minimum Gasteiger partial charge on any atom is -0.392 e. The van der Waals surface area contributed by atoms with Crippen molar-refractivity contribution in [2.75, 3.05) is 27.3 Å². The first-order chi connectivity index (χ1) is 13.0. The van der Waals surface area contributed by atoms with E-state index in [0.29, 0.717) is 24.3 Å². The molecule has 5 nitrogen and oxygen atoms in total. The maximum Gasteiger partial charge on any atom is 0.0771 e. The molecule has 1 spiro atoms. The maximum absolute atomic E-state index is 12.2. The third kappa shape index (κ3) is 1.73. The summed E-state index contributed by atoms with van der Waals surface area (Å²) >= 11 is 0. The molecule has 1 saturated heterocycles. The molecular formula is C22H35NO4. The van der Waals surface area contributed by atoms with Gasteiger partial charge in [-0.2, -0.15) is 0 Å². The molecule has 0 aromatic heterocycles. The van der Waals surface area contributed by atoms with Crippen LogP contribution in [0.2, 0.25) is 0 Å². The Labute approximate surface area is 162 Å². The lowest BCUT2D eigenvalue weighted by Gasteiger charge is -2.67. The number of hydrogen-bond donors (Lipinski definition) is 2. The lowest BCUT2D eigenvalue weighted by molar-refractivity contribution is -0.259. The monoisotopic (exact) mass is 377 g/mol. The average molecular weight is 378 g/mol. The molecule has 12 atom stereocenters. The van der Waals surface area contributed by atoms with Gasteiger partial charge in [0.15, 0.2) is 0 Å². The van der Waals surface area contributed by atoms with Crippen LogP contribution in [0.5, 0.6) is 0 Å². The van der Waals surface area contributed by atoms with Crippen molar-refractivity contribution in [1.82, 2.24) is 4.90 Å². The normalized spacial score (nSPS) is 63.4. The van der Waals surface area contributed by atoms with Crippen LogP contribution >= 0.6 is 0 Å². The molecule has 5 saturated carbocycles. The lowest BCUT2D eigenvalue weighted by atomic mass is 9.46. The smallest absolute Gasteiger partial charge is 0.0771 e. The highest BCUT2D eigenvalue weighted by atomic mass is 16.5. The van der Waals surface area contributed by atoms with E-state index < -0.39 is 11.7 Å². The first-order valence-electron chi connectivity index (χ1n) is 11.2. The van der Waals surface area contributed by atoms with Gasteiger partial charge in [0, 0.05) is 56.4 Å². The van der Waals surface area contributed by atoms with Gasteiger partial charge in [0.1, 0.15) is 0 Å². The molecule has 0 unspecified atom stereocenters. The molecule has 6 rings (SSSR count). The third-order valence-corrected chi connectivity index (χ3v) is 10.5. The van der Waals surface area contributed by atoms with Gasteiger partial charge in [0.25, 0.3) is 0 Å². The van der Waals surface area contributed by atoms with Crippen LogP contribution in [-0.4, -0.2) is 72.4 Å². The Morgan fingerprint density at radius 3 is 2.59 bits per heavy atom. The van der Waals surface area contributed by atoms with Crippen molar-refractivity contribution in [2.45, 2.75) is 69.0 Å². The highest BCUT2D eigenvalue weighted by Gasteiger charge is 2.81. The molecule has 0 amide bonds. The van der Waals surface area contributed by atoms with Crippen LogP contribution in [0.15, 0.2) is 0 Å². The quantitative estimate of drug-likeness (QED) is 0.781. The van der Waals surface area contributed by atoms with Crippen LogP contribution in [0.3, 0.4) is 0 Å². The zero-order chi connectivity index (χ0) is 18.7. The predicted molar refractivity (Wildman–Crippen MR) is 100 cm³/mol. The summed E-state index contributed by atoms with van der Waals surface area (Å²) in [5.41, 5.74) is -0.669. The van der Waals surface area contributed by atoms with Gasteiger partial charge in [-0.25, -0.2) is 0 Å². The van der Waals surface area contributed by atoms with Crippen molar-refractivity contribution in [3.8, 4) is 0 Å². The third-order valence-electron chi connectivity index (χ3n) is 10.5. The molecule has 5 aliphatic carbocycles. The molecule has 1 heterocycles. The van der Waals surface area contributed by atoms with Gasteiger partial charge in [-0.1, -0.05) is 6.92 Å². The molecular weight excluding hydrogens is 342 g/mol. The molecule has 1 aliphatic heterocycles. The van der Waals surface area contributed by atoms with E-state index in [9.17, 15) is 10.2 Å². The van der Waals surface area contributed by atoms with Crippen molar-refractivity contribution in [3.63, 3.8) is 0 Å². The first kappa shape index (κ1) is 17.6. The van der Waals surface area contributed by atoms with E-state index in [2.05, 4.69) is 11.8 Å². The fourth-order valence-electron chi connectivity index (χ4n) is 9.96. The van der Waals surface area contributed by atoms with Gasteiger partial charge in [-0.15, -0.1) is 0 Å². The molecule has 7 bridgehead atoms. The van der Waals surface area contributed by atoms with Crippen LogP contribution < -0.4 is 0 Å². The van der Waals surface area contributed by atoms with E-state index in [1.54, 1.807) is 7.11 Å². The van der Waals surface area contributed by atoms with Crippen LogP contribution in [0.4, 0.5) is 0 Å². The second-order valence-electron chi connectivity index (χ2n) is 10.5. The number of methoxy groups -OCH3 is 2. The summed E-state index contributed by atoms with van der Waals surface area (Å²) in [6.45, 7) is 4.52. The van der Waals surface area contributed by atoms with Crippen molar-refractivity contribution in [3.05, 3.63) is 0 Å². The molecule has 152 valence electrons. The topological polar surface area (TPSA) is 62.2 Å². The van der Waals surface area contributed by atoms with E-state index in [0.717, 1.165) is 31.7 Å². The fraction of sp³-hybridized carbons (Fsp3) is 1.00. The van der Waals surface area contributed by atoms with Crippen molar-refractivity contribution >= 4 is 0 Å². The average Bonchev–Trinajstić information content (AvgIpc) is 3.06. The number of ether oxygens (including phenoxy) is 2.